The topological polar surface area (TPSA) is 66.8 Å². The van der Waals surface area contributed by atoms with E-state index in [1.54, 1.807) is 0 Å². The Morgan fingerprint density at radius 3 is 1.68 bits per heavy atom. The molecule has 2 aliphatic carbocycles. The molecule has 0 heterocycles. The summed E-state index contributed by atoms with van der Waals surface area (Å²) in [5.74, 6) is -1.58. The molecule has 4 nitrogen and oxygen atoms in total. The van der Waals surface area contributed by atoms with Gasteiger partial charge in [0.05, 0.1) is 5.92 Å². The third-order valence-electron chi connectivity index (χ3n) is 7.79. The number of aliphatic hydroxyl groups excluding tert-OH is 1. The van der Waals surface area contributed by atoms with Crippen molar-refractivity contribution >= 4 is 5.97 Å². The molecular formula is C30H32O4. The minimum atomic E-state index is -1.52. The summed E-state index contributed by atoms with van der Waals surface area (Å²) in [6.07, 6.45) is 2.37. The Kier molecular flexibility index (Phi) is 6.80. The van der Waals surface area contributed by atoms with E-state index in [1.165, 1.54) is 5.56 Å². The Morgan fingerprint density at radius 1 is 0.706 bits per heavy atom. The van der Waals surface area contributed by atoms with E-state index in [-0.39, 0.29) is 29.8 Å². The molecule has 0 saturated heterocycles. The van der Waals surface area contributed by atoms with Gasteiger partial charge >= 0.3 is 5.97 Å². The number of hydrogen-bond donors (Lipinski definition) is 2. The first-order valence-corrected chi connectivity index (χ1v) is 12.4. The number of hydrogen-bond acceptors (Lipinski definition) is 4. The van der Waals surface area contributed by atoms with Gasteiger partial charge in [0.2, 0.25) is 0 Å². The molecular weight excluding hydrogens is 424 g/mol. The van der Waals surface area contributed by atoms with Crippen LogP contribution in [0.25, 0.3) is 0 Å². The van der Waals surface area contributed by atoms with E-state index >= 15 is 0 Å². The molecule has 4 heteroatoms. The summed E-state index contributed by atoms with van der Waals surface area (Å²) in [5.41, 5.74) is 3.10. The van der Waals surface area contributed by atoms with Crippen LogP contribution < -0.4 is 0 Å². The number of ether oxygens (including phenoxy) is 1. The molecule has 176 valence electrons. The lowest BCUT2D eigenvalue weighted by Gasteiger charge is -2.52. The van der Waals surface area contributed by atoms with Crippen molar-refractivity contribution in [2.45, 2.75) is 55.8 Å². The zero-order valence-electron chi connectivity index (χ0n) is 19.2. The van der Waals surface area contributed by atoms with Gasteiger partial charge in [-0.15, -0.1) is 0 Å². The van der Waals surface area contributed by atoms with Gasteiger partial charge in [-0.2, -0.15) is 0 Å². The maximum Gasteiger partial charge on any atom is 0.310 e. The molecule has 1 unspecified atom stereocenters. The molecule has 0 radical (unpaired) electrons. The zero-order chi connectivity index (χ0) is 23.5. The van der Waals surface area contributed by atoms with Gasteiger partial charge in [0.15, 0.2) is 6.29 Å². The quantitative estimate of drug-likeness (QED) is 0.386. The first-order valence-electron chi connectivity index (χ1n) is 12.4. The molecule has 3 aromatic rings. The van der Waals surface area contributed by atoms with Crippen molar-refractivity contribution in [3.8, 4) is 0 Å². The van der Waals surface area contributed by atoms with Crippen LogP contribution in [0, 0.1) is 11.8 Å². The Morgan fingerprint density at radius 2 is 1.18 bits per heavy atom. The SMILES string of the molecule is O=C(O[C@@H]1CCCCC1c1ccccc1)C1[C@@H](c2ccccc2)C(C(O)O)[C@@H]1c1ccccc1. The van der Waals surface area contributed by atoms with Gasteiger partial charge in [-0.05, 0) is 36.0 Å². The molecule has 0 aromatic heterocycles. The highest BCUT2D eigenvalue weighted by Gasteiger charge is 2.58. The van der Waals surface area contributed by atoms with Gasteiger partial charge < -0.3 is 14.9 Å². The van der Waals surface area contributed by atoms with Gasteiger partial charge in [-0.3, -0.25) is 4.79 Å². The number of benzene rings is 3. The van der Waals surface area contributed by atoms with E-state index in [9.17, 15) is 15.0 Å². The highest BCUT2D eigenvalue weighted by atomic mass is 16.5. The fraction of sp³-hybridized carbons (Fsp3) is 0.367. The molecule has 0 spiro atoms. The van der Waals surface area contributed by atoms with Crippen LogP contribution in [-0.2, 0) is 9.53 Å². The Hall–Kier alpha value is -2.95. The molecule has 0 bridgehead atoms. The summed E-state index contributed by atoms with van der Waals surface area (Å²) >= 11 is 0. The predicted octanol–water partition coefficient (Wildman–Crippen LogP) is 5.38. The van der Waals surface area contributed by atoms with Crippen molar-refractivity contribution in [1.29, 1.82) is 0 Å². The summed E-state index contributed by atoms with van der Waals surface area (Å²) in [4.78, 5) is 13.8. The van der Waals surface area contributed by atoms with E-state index < -0.39 is 18.1 Å². The second-order valence-corrected chi connectivity index (χ2v) is 9.67. The zero-order valence-corrected chi connectivity index (χ0v) is 19.2. The smallest absolute Gasteiger partial charge is 0.310 e. The monoisotopic (exact) mass is 456 g/mol. The minimum Gasteiger partial charge on any atom is -0.461 e. The molecule has 2 fully saturated rings. The van der Waals surface area contributed by atoms with Gasteiger partial charge in [0.1, 0.15) is 6.10 Å². The summed E-state index contributed by atoms with van der Waals surface area (Å²) in [5, 5.41) is 20.7. The van der Waals surface area contributed by atoms with Crippen LogP contribution in [0.2, 0.25) is 0 Å². The van der Waals surface area contributed by atoms with E-state index in [0.717, 1.165) is 36.8 Å². The second-order valence-electron chi connectivity index (χ2n) is 9.67. The van der Waals surface area contributed by atoms with Crippen molar-refractivity contribution in [2.24, 2.45) is 11.8 Å². The molecule has 2 N–H and O–H groups in total. The van der Waals surface area contributed by atoms with E-state index in [2.05, 4.69) is 12.1 Å². The lowest BCUT2D eigenvalue weighted by atomic mass is 9.52. The Labute approximate surface area is 201 Å². The molecule has 4 atom stereocenters. The summed E-state index contributed by atoms with van der Waals surface area (Å²) in [6, 6.07) is 29.8. The van der Waals surface area contributed by atoms with Crippen molar-refractivity contribution in [3.05, 3.63) is 108 Å². The normalized spacial score (nSPS) is 28.8. The molecule has 0 aliphatic heterocycles. The number of carbonyl (C=O) groups is 1. The minimum absolute atomic E-state index is 0.158. The lowest BCUT2D eigenvalue weighted by molar-refractivity contribution is -0.181. The van der Waals surface area contributed by atoms with Crippen molar-refractivity contribution in [1.82, 2.24) is 0 Å². The van der Waals surface area contributed by atoms with Crippen LogP contribution >= 0.6 is 0 Å². The number of esters is 1. The average molecular weight is 457 g/mol. The van der Waals surface area contributed by atoms with Crippen LogP contribution in [0.3, 0.4) is 0 Å². The molecule has 34 heavy (non-hydrogen) atoms. The standard InChI is InChI=1S/C30H32O4/c31-29(32)27-25(21-14-6-2-7-15-21)28(26(27)22-16-8-3-9-17-22)30(33)34-24-19-11-10-18-23(24)20-12-4-1-5-13-20/h1-9,12-17,23-29,31-32H,10-11,18-19H2/t23?,24-,25+,26+,27?,28?/m1/s1. The van der Waals surface area contributed by atoms with Crippen LogP contribution in [-0.4, -0.2) is 28.6 Å². The van der Waals surface area contributed by atoms with Gasteiger partial charge in [-0.25, -0.2) is 0 Å². The molecule has 0 amide bonds. The molecule has 3 aromatic carbocycles. The average Bonchev–Trinajstić information content (AvgIpc) is 2.85. The highest BCUT2D eigenvalue weighted by molar-refractivity contribution is 5.77. The largest absolute Gasteiger partial charge is 0.461 e. The van der Waals surface area contributed by atoms with Crippen LogP contribution in [0.5, 0.6) is 0 Å². The van der Waals surface area contributed by atoms with Gasteiger partial charge in [0, 0.05) is 23.7 Å². The number of aliphatic hydroxyl groups is 2. The fourth-order valence-corrected chi connectivity index (χ4v) is 6.20. The van der Waals surface area contributed by atoms with E-state index in [1.807, 2.05) is 78.9 Å². The Balaban J connectivity index is 1.46. The van der Waals surface area contributed by atoms with Crippen molar-refractivity contribution < 1.29 is 19.7 Å². The van der Waals surface area contributed by atoms with Crippen molar-refractivity contribution in [3.63, 3.8) is 0 Å². The van der Waals surface area contributed by atoms with Gasteiger partial charge in [-0.1, -0.05) is 97.4 Å². The first kappa shape index (κ1) is 22.8. The van der Waals surface area contributed by atoms with E-state index in [0.29, 0.717) is 0 Å². The van der Waals surface area contributed by atoms with Crippen molar-refractivity contribution in [2.75, 3.05) is 0 Å². The number of rotatable bonds is 6. The molecule has 2 saturated carbocycles. The second kappa shape index (κ2) is 10.1. The van der Waals surface area contributed by atoms with E-state index in [4.69, 9.17) is 4.74 Å². The van der Waals surface area contributed by atoms with Crippen LogP contribution in [0.15, 0.2) is 91.0 Å². The predicted molar refractivity (Wildman–Crippen MR) is 131 cm³/mol. The summed E-state index contributed by atoms with van der Waals surface area (Å²) < 4.78 is 6.29. The molecule has 2 aliphatic rings. The first-order chi connectivity index (χ1) is 16.6. The molecule has 5 rings (SSSR count). The fourth-order valence-electron chi connectivity index (χ4n) is 6.20. The lowest BCUT2D eigenvalue weighted by Crippen LogP contribution is -2.53. The third-order valence-corrected chi connectivity index (χ3v) is 7.79. The highest BCUT2D eigenvalue weighted by Crippen LogP contribution is 2.59. The maximum absolute atomic E-state index is 13.8. The van der Waals surface area contributed by atoms with Crippen LogP contribution in [0.1, 0.15) is 60.1 Å². The van der Waals surface area contributed by atoms with Gasteiger partial charge in [0.25, 0.3) is 0 Å². The van der Waals surface area contributed by atoms with Crippen LogP contribution in [0.4, 0.5) is 0 Å². The summed E-state index contributed by atoms with van der Waals surface area (Å²) in [7, 11) is 0. The maximum atomic E-state index is 13.8. The number of carbonyl (C=O) groups excluding carboxylic acids is 1. The Bertz CT molecular complexity index is 1020. The third kappa shape index (κ3) is 4.40. The summed E-state index contributed by atoms with van der Waals surface area (Å²) in [6.45, 7) is 0.